The molecule has 0 aromatic carbocycles. The summed E-state index contributed by atoms with van der Waals surface area (Å²) in [4.78, 5) is 19.0. The van der Waals surface area contributed by atoms with Gasteiger partial charge in [0.1, 0.15) is 5.82 Å². The van der Waals surface area contributed by atoms with Gasteiger partial charge in [0.2, 0.25) is 5.91 Å². The highest BCUT2D eigenvalue weighted by Gasteiger charge is 2.18. The highest BCUT2D eigenvalue weighted by Crippen LogP contribution is 2.12. The first-order chi connectivity index (χ1) is 7.27. The van der Waals surface area contributed by atoms with E-state index in [1.54, 1.807) is 11.1 Å². The van der Waals surface area contributed by atoms with Crippen molar-refractivity contribution in [1.29, 1.82) is 0 Å². The zero-order valence-electron chi connectivity index (χ0n) is 8.47. The molecule has 1 saturated heterocycles. The average molecular weight is 203 g/mol. The second-order valence-corrected chi connectivity index (χ2v) is 3.50. The molecule has 2 rings (SSSR count). The van der Waals surface area contributed by atoms with Gasteiger partial charge in [-0.2, -0.15) is 0 Å². The molecule has 78 valence electrons. The number of piperazine rings is 1. The maximum Gasteiger partial charge on any atom is 0.227 e. The molecule has 4 nitrogen and oxygen atoms in total. The number of aromatic nitrogens is 1. The molecule has 1 fully saturated rings. The van der Waals surface area contributed by atoms with Crippen LogP contribution in [0.2, 0.25) is 0 Å². The minimum atomic E-state index is -0.337. The summed E-state index contributed by atoms with van der Waals surface area (Å²) in [5.74, 6) is 0.622. The number of nitrogens with zero attached hydrogens (tertiary/aromatic N) is 3. The topological polar surface area (TPSA) is 36.4 Å². The van der Waals surface area contributed by atoms with Gasteiger partial charge < -0.3 is 9.80 Å². The first-order valence-electron chi connectivity index (χ1n) is 4.98. The van der Waals surface area contributed by atoms with Crippen LogP contribution in [0.3, 0.4) is 0 Å². The van der Waals surface area contributed by atoms with Crippen molar-refractivity contribution in [3.8, 4) is 0 Å². The lowest BCUT2D eigenvalue weighted by molar-refractivity contribution is -0.126. The summed E-state index contributed by atoms with van der Waals surface area (Å²) >= 11 is 0. The van der Waals surface area contributed by atoms with Crippen LogP contribution in [0.4, 0.5) is 5.82 Å². The Hall–Kier alpha value is -1.58. The molecule has 1 aromatic rings. The number of anilines is 1. The molecule has 0 atom stereocenters. The van der Waals surface area contributed by atoms with Crippen LogP contribution in [0, 0.1) is 6.92 Å². The van der Waals surface area contributed by atoms with Crippen molar-refractivity contribution in [3.05, 3.63) is 31.3 Å². The van der Waals surface area contributed by atoms with E-state index >= 15 is 0 Å². The number of hydrogen-bond donors (Lipinski definition) is 0. The lowest BCUT2D eigenvalue weighted by atomic mass is 10.3. The average Bonchev–Trinajstić information content (AvgIpc) is 2.30. The Morgan fingerprint density at radius 3 is 2.53 bits per heavy atom. The van der Waals surface area contributed by atoms with E-state index in [0.717, 1.165) is 18.9 Å². The predicted octanol–water partition coefficient (Wildman–Crippen LogP) is 0.441. The van der Waals surface area contributed by atoms with Gasteiger partial charge in [0, 0.05) is 32.4 Å². The Bertz CT molecular complexity index is 331. The van der Waals surface area contributed by atoms with Gasteiger partial charge in [0.05, 0.1) is 6.92 Å². The van der Waals surface area contributed by atoms with Gasteiger partial charge in [-0.05, 0) is 12.1 Å². The van der Waals surface area contributed by atoms with Crippen LogP contribution in [0.5, 0.6) is 0 Å². The molecular weight excluding hydrogens is 190 g/mol. The third-order valence-corrected chi connectivity index (χ3v) is 2.56. The van der Waals surface area contributed by atoms with Crippen molar-refractivity contribution in [2.45, 2.75) is 0 Å². The number of carbonyl (C=O) groups excluding carboxylic acids is 1. The molecule has 2 radical (unpaired) electrons. The lowest BCUT2D eigenvalue weighted by Gasteiger charge is -2.34. The summed E-state index contributed by atoms with van der Waals surface area (Å²) in [6.07, 6.45) is 1.77. The molecule has 0 aliphatic carbocycles. The summed E-state index contributed by atoms with van der Waals surface area (Å²) in [7, 11) is 0. The van der Waals surface area contributed by atoms with Gasteiger partial charge in [-0.3, -0.25) is 4.79 Å². The van der Waals surface area contributed by atoms with Crippen LogP contribution in [-0.4, -0.2) is 42.0 Å². The van der Waals surface area contributed by atoms with Crippen LogP contribution in [0.1, 0.15) is 0 Å². The highest BCUT2D eigenvalue weighted by molar-refractivity contribution is 5.80. The molecular formula is C11H13N3O. The quantitative estimate of drug-likeness (QED) is 0.664. The second kappa shape index (κ2) is 4.29. The molecule has 0 N–H and O–H groups in total. The third-order valence-electron chi connectivity index (χ3n) is 2.56. The Balaban J connectivity index is 1.97. The van der Waals surface area contributed by atoms with E-state index in [4.69, 9.17) is 6.92 Å². The molecule has 1 aliphatic heterocycles. The van der Waals surface area contributed by atoms with Gasteiger partial charge in [0.15, 0.2) is 0 Å². The third kappa shape index (κ3) is 2.26. The van der Waals surface area contributed by atoms with Gasteiger partial charge in [-0.15, -0.1) is 0 Å². The first-order valence-corrected chi connectivity index (χ1v) is 4.98. The van der Waals surface area contributed by atoms with E-state index in [1.165, 1.54) is 0 Å². The molecule has 1 amide bonds. The van der Waals surface area contributed by atoms with Crippen molar-refractivity contribution < 1.29 is 4.79 Å². The number of carbonyl (C=O) groups is 1. The monoisotopic (exact) mass is 203 g/mol. The van der Waals surface area contributed by atoms with Crippen LogP contribution in [0.15, 0.2) is 24.4 Å². The number of hydrogen-bond acceptors (Lipinski definition) is 3. The molecule has 0 saturated carbocycles. The fourth-order valence-electron chi connectivity index (χ4n) is 1.70. The zero-order chi connectivity index (χ0) is 10.7. The predicted molar refractivity (Wildman–Crippen MR) is 57.3 cm³/mol. The normalized spacial score (nSPS) is 16.6. The maximum atomic E-state index is 10.9. The highest BCUT2D eigenvalue weighted by atomic mass is 16.2. The van der Waals surface area contributed by atoms with E-state index in [0.29, 0.717) is 13.1 Å². The first kappa shape index (κ1) is 9.96. The lowest BCUT2D eigenvalue weighted by Crippen LogP contribution is -2.48. The van der Waals surface area contributed by atoms with Gasteiger partial charge in [-0.25, -0.2) is 4.98 Å². The van der Waals surface area contributed by atoms with E-state index in [2.05, 4.69) is 9.88 Å². The van der Waals surface area contributed by atoms with Crippen LogP contribution >= 0.6 is 0 Å². The SMILES string of the molecule is [CH]C(=O)N1CCN(c2ccccn2)CC1. The van der Waals surface area contributed by atoms with E-state index in [9.17, 15) is 4.79 Å². The summed E-state index contributed by atoms with van der Waals surface area (Å²) in [6, 6.07) is 5.83. The van der Waals surface area contributed by atoms with Crippen LogP contribution in [0.25, 0.3) is 0 Å². The van der Waals surface area contributed by atoms with E-state index in [-0.39, 0.29) is 5.91 Å². The van der Waals surface area contributed by atoms with Crippen LogP contribution in [-0.2, 0) is 4.79 Å². The van der Waals surface area contributed by atoms with Crippen LogP contribution < -0.4 is 4.90 Å². The zero-order valence-corrected chi connectivity index (χ0v) is 8.47. The molecule has 1 aromatic heterocycles. The fourth-order valence-corrected chi connectivity index (χ4v) is 1.70. The van der Waals surface area contributed by atoms with Crippen molar-refractivity contribution >= 4 is 11.7 Å². The van der Waals surface area contributed by atoms with Crippen molar-refractivity contribution in [2.75, 3.05) is 31.1 Å². The standard InChI is InChI=1S/C11H13N3O/c1-10(15)13-6-8-14(9-7-13)11-4-2-3-5-12-11/h1-5H,6-9H2. The molecule has 1 aliphatic rings. The summed E-state index contributed by atoms with van der Waals surface area (Å²) in [5.41, 5.74) is 0. The number of amides is 1. The van der Waals surface area contributed by atoms with Crippen molar-refractivity contribution in [2.24, 2.45) is 0 Å². The van der Waals surface area contributed by atoms with Crippen molar-refractivity contribution in [3.63, 3.8) is 0 Å². The van der Waals surface area contributed by atoms with Gasteiger partial charge in [-0.1, -0.05) is 6.07 Å². The van der Waals surface area contributed by atoms with Crippen molar-refractivity contribution in [1.82, 2.24) is 9.88 Å². The second-order valence-electron chi connectivity index (χ2n) is 3.50. The fraction of sp³-hybridized carbons (Fsp3) is 0.364. The summed E-state index contributed by atoms with van der Waals surface area (Å²) in [5, 5.41) is 0. The largest absolute Gasteiger partial charge is 0.353 e. The van der Waals surface area contributed by atoms with Gasteiger partial charge in [0.25, 0.3) is 0 Å². The smallest absolute Gasteiger partial charge is 0.227 e. The minimum absolute atomic E-state index is 0.337. The number of pyridine rings is 1. The molecule has 4 heteroatoms. The Labute approximate surface area is 89.5 Å². The maximum absolute atomic E-state index is 10.9. The molecule has 2 heterocycles. The van der Waals surface area contributed by atoms with E-state index < -0.39 is 0 Å². The minimum Gasteiger partial charge on any atom is -0.353 e. The molecule has 0 bridgehead atoms. The molecule has 15 heavy (non-hydrogen) atoms. The molecule has 0 spiro atoms. The van der Waals surface area contributed by atoms with Gasteiger partial charge >= 0.3 is 0 Å². The Morgan fingerprint density at radius 1 is 1.27 bits per heavy atom. The summed E-state index contributed by atoms with van der Waals surface area (Å²) < 4.78 is 0. The Morgan fingerprint density at radius 2 is 2.00 bits per heavy atom. The molecule has 0 unspecified atom stereocenters. The summed E-state index contributed by atoms with van der Waals surface area (Å²) in [6.45, 7) is 8.13. The number of rotatable bonds is 1. The Kier molecular flexibility index (Phi) is 2.85. The van der Waals surface area contributed by atoms with E-state index in [1.807, 2.05) is 18.2 Å².